The molecule has 0 aliphatic heterocycles. The van der Waals surface area contributed by atoms with Gasteiger partial charge in [0.2, 0.25) is 0 Å². The van der Waals surface area contributed by atoms with Crippen molar-refractivity contribution in [3.8, 4) is 0 Å². The van der Waals surface area contributed by atoms with Gasteiger partial charge in [-0.15, -0.1) is 0 Å². The lowest BCUT2D eigenvalue weighted by Crippen LogP contribution is -2.05. The van der Waals surface area contributed by atoms with Crippen molar-refractivity contribution in [3.63, 3.8) is 0 Å². The van der Waals surface area contributed by atoms with Crippen LogP contribution in [0.1, 0.15) is 12.5 Å². The third-order valence-corrected chi connectivity index (χ3v) is 3.15. The summed E-state index contributed by atoms with van der Waals surface area (Å²) >= 11 is -2.56. The Balaban J connectivity index is 3.34. The lowest BCUT2D eigenvalue weighted by molar-refractivity contribution is 0.483. The maximum absolute atomic E-state index is 11.1. The van der Waals surface area contributed by atoms with Crippen molar-refractivity contribution < 1.29 is 21.7 Å². The van der Waals surface area contributed by atoms with Gasteiger partial charge in [0.05, 0.1) is 0 Å². The van der Waals surface area contributed by atoms with E-state index in [1.165, 1.54) is 18.2 Å². The van der Waals surface area contributed by atoms with Gasteiger partial charge >= 0.3 is 0 Å². The predicted octanol–water partition coefficient (Wildman–Crippen LogP) is 1.17. The molecule has 0 saturated heterocycles. The van der Waals surface area contributed by atoms with E-state index >= 15 is 0 Å². The van der Waals surface area contributed by atoms with Gasteiger partial charge < -0.3 is 9.27 Å². The quantitative estimate of drug-likeness (QED) is 0.634. The van der Waals surface area contributed by atoms with Gasteiger partial charge in [-0.25, -0.2) is 0 Å². The molecule has 0 fully saturated rings. The summed E-state index contributed by atoms with van der Waals surface area (Å²) in [5.74, 6) is 0. The summed E-state index contributed by atoms with van der Waals surface area (Å²) in [6.45, 7) is 1.69. The van der Waals surface area contributed by atoms with Crippen molar-refractivity contribution in [2.24, 2.45) is 0 Å². The first-order valence-electron chi connectivity index (χ1n) is 4.44. The molecule has 0 spiro atoms. The lowest BCUT2D eigenvalue weighted by atomic mass is 10.2. The Morgan fingerprint density at radius 1 is 1.47 bits per heavy atom. The predicted molar refractivity (Wildman–Crippen MR) is 63.5 cm³/mol. The van der Waals surface area contributed by atoms with Gasteiger partial charge in [0.15, 0.2) is 0 Å². The van der Waals surface area contributed by atoms with E-state index in [2.05, 4.69) is 0 Å². The molecule has 1 aromatic rings. The Labute approximate surface area is 102 Å². The van der Waals surface area contributed by atoms with Crippen LogP contribution in [0.3, 0.4) is 0 Å². The summed E-state index contributed by atoms with van der Waals surface area (Å²) < 4.78 is 54.0. The molecule has 94 valence electrons. The smallest absolute Gasteiger partial charge is 0.295 e. The molecule has 6 nitrogen and oxygen atoms in total. The molecule has 2 N–H and O–H groups in total. The van der Waals surface area contributed by atoms with Gasteiger partial charge in [0.25, 0.3) is 10.1 Å². The minimum atomic E-state index is -4.41. The van der Waals surface area contributed by atoms with Crippen LogP contribution in [-0.4, -0.2) is 21.7 Å². The summed E-state index contributed by atoms with van der Waals surface area (Å²) in [5, 5.41) is 0. The van der Waals surface area contributed by atoms with Gasteiger partial charge in [-0.3, -0.25) is 8.76 Å². The molecule has 0 saturated carbocycles. The second-order valence-corrected chi connectivity index (χ2v) is 5.13. The van der Waals surface area contributed by atoms with Crippen LogP contribution in [0.5, 0.6) is 0 Å². The van der Waals surface area contributed by atoms with Crippen LogP contribution < -0.4 is 4.72 Å². The number of nitrogens with one attached hydrogen (secondary N) is 1. The summed E-state index contributed by atoms with van der Waals surface area (Å²) in [6, 6.07) is 3.82. The van der Waals surface area contributed by atoms with Gasteiger partial charge in [-0.2, -0.15) is 8.42 Å². The largest absolute Gasteiger partial charge is 0.755 e. The molecule has 8 heteroatoms. The van der Waals surface area contributed by atoms with Crippen LogP contribution in [0.25, 0.3) is 6.08 Å². The topological polar surface area (TPSA) is 107 Å². The zero-order chi connectivity index (χ0) is 13.1. The normalized spacial score (nSPS) is 13.8. The zero-order valence-corrected chi connectivity index (χ0v) is 10.4. The number of anilines is 1. The third-order valence-electron chi connectivity index (χ3n) is 1.84. The number of hydrogen-bond donors (Lipinski definition) is 2. The third kappa shape index (κ3) is 3.93. The van der Waals surface area contributed by atoms with Crippen LogP contribution in [0.2, 0.25) is 0 Å². The van der Waals surface area contributed by atoms with E-state index in [1.54, 1.807) is 13.0 Å². The second kappa shape index (κ2) is 5.41. The highest BCUT2D eigenvalue weighted by atomic mass is 32.2. The monoisotopic (exact) mass is 276 g/mol. The van der Waals surface area contributed by atoms with Crippen molar-refractivity contribution in [2.45, 2.75) is 11.8 Å². The Morgan fingerprint density at radius 2 is 2.12 bits per heavy atom. The zero-order valence-electron chi connectivity index (χ0n) is 8.78. The van der Waals surface area contributed by atoms with E-state index in [1.807, 2.05) is 4.72 Å². The first kappa shape index (κ1) is 13.8. The highest BCUT2D eigenvalue weighted by molar-refractivity contribution is 7.86. The highest BCUT2D eigenvalue weighted by Gasteiger charge is 2.14. The minimum Gasteiger partial charge on any atom is -0.755 e. The first-order chi connectivity index (χ1) is 7.84. The summed E-state index contributed by atoms with van der Waals surface area (Å²) in [5.41, 5.74) is 0.330. The van der Waals surface area contributed by atoms with Crippen LogP contribution in [0.15, 0.2) is 29.2 Å². The van der Waals surface area contributed by atoms with Crippen LogP contribution >= 0.6 is 0 Å². The SMILES string of the molecule is CC=Cc1ccc(NS(=O)[O-])cc1S(=O)(=O)O. The van der Waals surface area contributed by atoms with E-state index in [0.717, 1.165) is 6.07 Å². The van der Waals surface area contributed by atoms with Crippen molar-refractivity contribution in [1.29, 1.82) is 0 Å². The van der Waals surface area contributed by atoms with Gasteiger partial charge in [-0.1, -0.05) is 18.2 Å². The van der Waals surface area contributed by atoms with Crippen LogP contribution in [-0.2, 0) is 21.4 Å². The molecule has 0 bridgehead atoms. The van der Waals surface area contributed by atoms with Crippen molar-refractivity contribution in [1.82, 2.24) is 0 Å². The van der Waals surface area contributed by atoms with E-state index in [9.17, 15) is 17.2 Å². The molecule has 0 heterocycles. The number of benzene rings is 1. The van der Waals surface area contributed by atoms with Gasteiger partial charge in [0, 0.05) is 17.0 Å². The van der Waals surface area contributed by atoms with Crippen molar-refractivity contribution in [3.05, 3.63) is 29.8 Å². The van der Waals surface area contributed by atoms with Gasteiger partial charge in [-0.05, 0) is 24.6 Å². The molecule has 0 aromatic heterocycles. The maximum atomic E-state index is 11.1. The number of rotatable bonds is 4. The highest BCUT2D eigenvalue weighted by Crippen LogP contribution is 2.22. The summed E-state index contributed by atoms with van der Waals surface area (Å²) in [4.78, 5) is -0.356. The second-order valence-electron chi connectivity index (χ2n) is 3.06. The van der Waals surface area contributed by atoms with Crippen molar-refractivity contribution >= 4 is 33.1 Å². The minimum absolute atomic E-state index is 0.0548. The van der Waals surface area contributed by atoms with Crippen LogP contribution in [0.4, 0.5) is 5.69 Å². The van der Waals surface area contributed by atoms with Crippen molar-refractivity contribution in [2.75, 3.05) is 4.72 Å². The summed E-state index contributed by atoms with van der Waals surface area (Å²) in [6.07, 6.45) is 3.09. The maximum Gasteiger partial charge on any atom is 0.295 e. The van der Waals surface area contributed by atoms with E-state index in [0.29, 0.717) is 0 Å². The Morgan fingerprint density at radius 3 is 2.59 bits per heavy atom. The molecule has 0 aliphatic carbocycles. The van der Waals surface area contributed by atoms with Crippen LogP contribution in [0, 0.1) is 0 Å². The fraction of sp³-hybridized carbons (Fsp3) is 0.111. The molecule has 0 aliphatic rings. The Hall–Kier alpha value is -1.22. The molecular weight excluding hydrogens is 266 g/mol. The van der Waals surface area contributed by atoms with E-state index in [-0.39, 0.29) is 16.1 Å². The first-order valence-corrected chi connectivity index (χ1v) is 6.96. The lowest BCUT2D eigenvalue weighted by Gasteiger charge is -2.10. The molecule has 1 aromatic carbocycles. The molecule has 0 amide bonds. The number of hydrogen-bond acceptors (Lipinski definition) is 4. The molecule has 0 radical (unpaired) electrons. The average Bonchev–Trinajstić information content (AvgIpc) is 2.18. The van der Waals surface area contributed by atoms with E-state index in [4.69, 9.17) is 4.55 Å². The molecule has 1 atom stereocenters. The molecule has 17 heavy (non-hydrogen) atoms. The fourth-order valence-corrected chi connectivity index (χ4v) is 2.26. The van der Waals surface area contributed by atoms with Gasteiger partial charge in [0.1, 0.15) is 4.90 Å². The fourth-order valence-electron chi connectivity index (χ4n) is 1.23. The Bertz CT molecular complexity index is 565. The Kier molecular flexibility index (Phi) is 4.40. The number of allylic oxidation sites excluding steroid dienone is 1. The average molecular weight is 276 g/mol. The molecule has 1 unspecified atom stereocenters. The summed E-state index contributed by atoms with van der Waals surface area (Å²) in [7, 11) is -4.41. The standard InChI is InChI=1S/C9H11NO5S2/c1-2-3-7-4-5-8(10-16(11)12)6-9(7)17(13,14)15/h2-6,10H,1H3,(H,11,12)(H,13,14,15)/p-1. The molecular formula is C9H10NO5S2-. The molecule has 1 rings (SSSR count). The van der Waals surface area contributed by atoms with E-state index < -0.39 is 21.4 Å².